The Morgan fingerprint density at radius 2 is 2.18 bits per heavy atom. The van der Waals surface area contributed by atoms with Crippen molar-refractivity contribution < 1.29 is 0 Å². The van der Waals surface area contributed by atoms with E-state index in [1.54, 1.807) is 12.2 Å². The third-order valence-electron chi connectivity index (χ3n) is 1.07. The Morgan fingerprint density at radius 3 is 2.64 bits per heavy atom. The minimum Gasteiger partial charge on any atom is -0.204 e. The molecule has 0 aromatic rings. The number of allylic oxidation sites excluding steroid dienone is 5. The molecule has 0 saturated heterocycles. The van der Waals surface area contributed by atoms with Crippen molar-refractivity contribution in [1.82, 2.24) is 0 Å². The summed E-state index contributed by atoms with van der Waals surface area (Å²) >= 11 is 0. The molecule has 11 heavy (non-hydrogen) atoms. The summed E-state index contributed by atoms with van der Waals surface area (Å²) in [5.41, 5.74) is 7.28. The van der Waals surface area contributed by atoms with E-state index in [2.05, 4.69) is 18.3 Å². The molecule has 0 spiro atoms. The van der Waals surface area contributed by atoms with Crippen molar-refractivity contribution in [2.45, 2.75) is 6.42 Å². The van der Waals surface area contributed by atoms with Crippen LogP contribution in [0.25, 0.3) is 0 Å². The van der Waals surface area contributed by atoms with E-state index < -0.39 is 0 Å². The summed E-state index contributed by atoms with van der Waals surface area (Å²) < 4.78 is 0. The van der Waals surface area contributed by atoms with E-state index in [4.69, 9.17) is 5.53 Å². The van der Waals surface area contributed by atoms with Gasteiger partial charge < -0.3 is 0 Å². The molecule has 0 atom stereocenters. The van der Waals surface area contributed by atoms with Crippen LogP contribution in [0.1, 0.15) is 6.42 Å². The lowest BCUT2D eigenvalue weighted by Gasteiger charge is -1.85. The van der Waals surface area contributed by atoms with Gasteiger partial charge in [0.05, 0.1) is 5.70 Å². The Balaban J connectivity index is 3.88. The highest BCUT2D eigenvalue weighted by Crippen LogP contribution is 1.99. The van der Waals surface area contributed by atoms with Crippen molar-refractivity contribution >= 4 is 0 Å². The Hall–Kier alpha value is -1.44. The molecule has 0 aromatic heterocycles. The normalized spacial score (nSPS) is 11.5. The highest BCUT2D eigenvalue weighted by Gasteiger charge is 1.81. The van der Waals surface area contributed by atoms with Crippen molar-refractivity contribution in [1.29, 1.82) is 5.53 Å². The molecule has 0 amide bonds. The van der Waals surface area contributed by atoms with Crippen LogP contribution in [0.5, 0.6) is 0 Å². The van der Waals surface area contributed by atoms with Gasteiger partial charge in [0.1, 0.15) is 0 Å². The third kappa shape index (κ3) is 5.03. The van der Waals surface area contributed by atoms with Gasteiger partial charge in [-0.1, -0.05) is 37.5 Å². The zero-order chi connectivity index (χ0) is 8.53. The van der Waals surface area contributed by atoms with Gasteiger partial charge in [0, 0.05) is 0 Å². The minimum atomic E-state index is 0.596. The lowest BCUT2D eigenvalue weighted by molar-refractivity contribution is 1.08. The van der Waals surface area contributed by atoms with Crippen LogP contribution in [-0.4, -0.2) is 0 Å². The summed E-state index contributed by atoms with van der Waals surface area (Å²) in [5.74, 6) is 0. The molecule has 0 aliphatic heterocycles. The molecule has 0 rings (SSSR count). The van der Waals surface area contributed by atoms with Crippen molar-refractivity contribution in [3.8, 4) is 0 Å². The Labute approximate surface area is 67.1 Å². The number of rotatable bonds is 5. The molecule has 58 valence electrons. The van der Waals surface area contributed by atoms with E-state index in [0.717, 1.165) is 6.42 Å². The lowest BCUT2D eigenvalue weighted by atomic mass is 10.3. The smallest absolute Gasteiger partial charge is 0.0807 e. The maximum absolute atomic E-state index is 6.68. The predicted octanol–water partition coefficient (Wildman–Crippen LogP) is 3.22. The van der Waals surface area contributed by atoms with Gasteiger partial charge >= 0.3 is 0 Å². The highest BCUT2D eigenvalue weighted by molar-refractivity contribution is 5.15. The van der Waals surface area contributed by atoms with E-state index >= 15 is 0 Å². The molecule has 0 aromatic carbocycles. The van der Waals surface area contributed by atoms with Gasteiger partial charge in [0.2, 0.25) is 0 Å². The molecule has 1 N–H and O–H groups in total. The zero-order valence-electron chi connectivity index (χ0n) is 6.46. The third-order valence-corrected chi connectivity index (χ3v) is 1.07. The maximum Gasteiger partial charge on any atom is 0.0807 e. The Kier molecular flexibility index (Phi) is 5.80. The average molecular weight is 148 g/mol. The molecule has 0 aliphatic carbocycles. The van der Waals surface area contributed by atoms with Crippen molar-refractivity contribution in [3.63, 3.8) is 0 Å². The molecule has 0 radical (unpaired) electrons. The standard InChI is InChI=1S/C9H12N2/c1-3-5-6-7-8-9(4-2)11-10/h3-6,8,10H,1-2,7H2/b6-5-,9-8+,11-10?. The fourth-order valence-electron chi connectivity index (χ4n) is 0.538. The zero-order valence-corrected chi connectivity index (χ0v) is 6.46. The lowest BCUT2D eigenvalue weighted by Crippen LogP contribution is -1.67. The monoisotopic (exact) mass is 148 g/mol. The second-order valence-electron chi connectivity index (χ2n) is 1.84. The first kappa shape index (κ1) is 9.56. The second-order valence-corrected chi connectivity index (χ2v) is 1.84. The summed E-state index contributed by atoms with van der Waals surface area (Å²) in [4.78, 5) is 0. The SMILES string of the molecule is C=C/C=C\C/C=C(\C=C)N=N. The van der Waals surface area contributed by atoms with E-state index in [-0.39, 0.29) is 0 Å². The van der Waals surface area contributed by atoms with Crippen LogP contribution >= 0.6 is 0 Å². The fourth-order valence-corrected chi connectivity index (χ4v) is 0.538. The van der Waals surface area contributed by atoms with Gasteiger partial charge in [0.25, 0.3) is 0 Å². The van der Waals surface area contributed by atoms with E-state index in [1.807, 2.05) is 18.2 Å². The maximum atomic E-state index is 6.68. The van der Waals surface area contributed by atoms with Crippen LogP contribution in [0.15, 0.2) is 54.3 Å². The summed E-state index contributed by atoms with van der Waals surface area (Å²) in [5, 5.41) is 3.24. The number of nitrogens with one attached hydrogen (secondary N) is 1. The molecule has 2 nitrogen and oxygen atoms in total. The number of hydrogen-bond donors (Lipinski definition) is 1. The van der Waals surface area contributed by atoms with Gasteiger partial charge in [-0.3, -0.25) is 0 Å². The van der Waals surface area contributed by atoms with Gasteiger partial charge in [-0.2, -0.15) is 5.11 Å². The molecule has 0 saturated carbocycles. The van der Waals surface area contributed by atoms with Crippen LogP contribution in [-0.2, 0) is 0 Å². The second kappa shape index (κ2) is 6.68. The van der Waals surface area contributed by atoms with Crippen LogP contribution in [0, 0.1) is 5.53 Å². The summed E-state index contributed by atoms with van der Waals surface area (Å²) in [7, 11) is 0. The summed E-state index contributed by atoms with van der Waals surface area (Å²) in [6.07, 6.45) is 9.62. The minimum absolute atomic E-state index is 0.596. The van der Waals surface area contributed by atoms with Gasteiger partial charge in [-0.15, -0.1) is 0 Å². The first-order valence-electron chi connectivity index (χ1n) is 3.32. The van der Waals surface area contributed by atoms with Crippen molar-refractivity contribution in [3.05, 3.63) is 49.2 Å². The molecule has 2 heteroatoms. The number of nitrogens with zero attached hydrogens (tertiary/aromatic N) is 1. The molecule has 0 bridgehead atoms. The Morgan fingerprint density at radius 1 is 1.45 bits per heavy atom. The molecular weight excluding hydrogens is 136 g/mol. The largest absolute Gasteiger partial charge is 0.204 e. The predicted molar refractivity (Wildman–Crippen MR) is 47.4 cm³/mol. The quantitative estimate of drug-likeness (QED) is 0.459. The van der Waals surface area contributed by atoms with E-state index in [1.165, 1.54) is 0 Å². The van der Waals surface area contributed by atoms with Crippen molar-refractivity contribution in [2.24, 2.45) is 5.11 Å². The first-order valence-corrected chi connectivity index (χ1v) is 3.32. The van der Waals surface area contributed by atoms with Crippen LogP contribution < -0.4 is 0 Å². The first-order chi connectivity index (χ1) is 5.35. The topological polar surface area (TPSA) is 36.2 Å². The molecule has 0 unspecified atom stereocenters. The van der Waals surface area contributed by atoms with Crippen LogP contribution in [0.2, 0.25) is 0 Å². The molecular formula is C9H12N2. The summed E-state index contributed by atoms with van der Waals surface area (Å²) in [6.45, 7) is 7.03. The summed E-state index contributed by atoms with van der Waals surface area (Å²) in [6, 6.07) is 0. The van der Waals surface area contributed by atoms with Crippen LogP contribution in [0.4, 0.5) is 0 Å². The van der Waals surface area contributed by atoms with E-state index in [0.29, 0.717) is 5.70 Å². The fraction of sp³-hybridized carbons (Fsp3) is 0.111. The highest BCUT2D eigenvalue weighted by atomic mass is 15.0. The molecule has 0 heterocycles. The molecule has 0 fully saturated rings. The average Bonchev–Trinajstić information content (AvgIpc) is 2.05. The number of hydrogen-bond acceptors (Lipinski definition) is 2. The van der Waals surface area contributed by atoms with Gasteiger partial charge in [-0.25, -0.2) is 5.53 Å². The van der Waals surface area contributed by atoms with Crippen molar-refractivity contribution in [2.75, 3.05) is 0 Å². The van der Waals surface area contributed by atoms with E-state index in [9.17, 15) is 0 Å². The van der Waals surface area contributed by atoms with Gasteiger partial charge in [0.15, 0.2) is 0 Å². The van der Waals surface area contributed by atoms with Crippen LogP contribution in [0.3, 0.4) is 0 Å². The Bertz CT molecular complexity index is 190. The van der Waals surface area contributed by atoms with Gasteiger partial charge in [-0.05, 0) is 12.5 Å². The molecule has 0 aliphatic rings.